The highest BCUT2D eigenvalue weighted by molar-refractivity contribution is 5.94. The number of carbonyl (C=O) groups is 1. The third kappa shape index (κ3) is 4.01. The van der Waals surface area contributed by atoms with E-state index in [-0.39, 0.29) is 17.8 Å². The quantitative estimate of drug-likeness (QED) is 0.706. The monoisotopic (exact) mass is 354 g/mol. The van der Waals surface area contributed by atoms with Gasteiger partial charge in [-0.05, 0) is 24.3 Å². The molecule has 0 saturated heterocycles. The SMILES string of the molecule is O=C(NCC#Cc1ccccc1C(F)(F)F)c1ccc2ccccc2n1. The number of alkyl halides is 3. The van der Waals surface area contributed by atoms with Crippen LogP contribution in [0.15, 0.2) is 60.7 Å². The first kappa shape index (κ1) is 17.5. The Labute approximate surface area is 147 Å². The lowest BCUT2D eigenvalue weighted by Gasteiger charge is -2.08. The van der Waals surface area contributed by atoms with Crippen LogP contribution >= 0.6 is 0 Å². The molecular formula is C20H13F3N2O. The molecule has 0 spiro atoms. The van der Waals surface area contributed by atoms with Gasteiger partial charge in [0.05, 0.1) is 17.6 Å². The summed E-state index contributed by atoms with van der Waals surface area (Å²) >= 11 is 0. The lowest BCUT2D eigenvalue weighted by molar-refractivity contribution is -0.137. The van der Waals surface area contributed by atoms with Gasteiger partial charge in [-0.1, -0.05) is 48.2 Å². The van der Waals surface area contributed by atoms with E-state index >= 15 is 0 Å². The van der Waals surface area contributed by atoms with E-state index in [1.54, 1.807) is 18.2 Å². The van der Waals surface area contributed by atoms with Gasteiger partial charge < -0.3 is 5.32 Å². The van der Waals surface area contributed by atoms with E-state index in [2.05, 4.69) is 22.1 Å². The zero-order valence-electron chi connectivity index (χ0n) is 13.5. The molecule has 1 aromatic heterocycles. The molecule has 0 unspecified atom stereocenters. The second-order valence-electron chi connectivity index (χ2n) is 5.42. The number of hydrogen-bond donors (Lipinski definition) is 1. The van der Waals surface area contributed by atoms with Crippen molar-refractivity contribution in [3.63, 3.8) is 0 Å². The molecule has 130 valence electrons. The number of amides is 1. The number of para-hydroxylation sites is 1. The fourth-order valence-electron chi connectivity index (χ4n) is 2.39. The lowest BCUT2D eigenvalue weighted by Crippen LogP contribution is -2.24. The summed E-state index contributed by atoms with van der Waals surface area (Å²) in [5.41, 5.74) is -0.0142. The molecule has 0 bridgehead atoms. The van der Waals surface area contributed by atoms with Crippen molar-refractivity contribution in [1.82, 2.24) is 10.3 Å². The van der Waals surface area contributed by atoms with E-state index in [0.29, 0.717) is 5.52 Å². The molecule has 0 fully saturated rings. The van der Waals surface area contributed by atoms with Gasteiger partial charge in [-0.3, -0.25) is 4.79 Å². The maximum atomic E-state index is 12.9. The highest BCUT2D eigenvalue weighted by Gasteiger charge is 2.32. The molecule has 3 rings (SSSR count). The van der Waals surface area contributed by atoms with Crippen molar-refractivity contribution in [2.45, 2.75) is 6.18 Å². The number of pyridine rings is 1. The van der Waals surface area contributed by atoms with E-state index in [4.69, 9.17) is 0 Å². The molecular weight excluding hydrogens is 341 g/mol. The molecule has 1 N–H and O–H groups in total. The summed E-state index contributed by atoms with van der Waals surface area (Å²) in [6.07, 6.45) is -4.47. The van der Waals surface area contributed by atoms with Crippen LogP contribution < -0.4 is 5.32 Å². The summed E-state index contributed by atoms with van der Waals surface area (Å²) in [4.78, 5) is 16.4. The Morgan fingerprint density at radius 3 is 2.54 bits per heavy atom. The number of hydrogen-bond acceptors (Lipinski definition) is 2. The number of fused-ring (bicyclic) bond motifs is 1. The maximum Gasteiger partial charge on any atom is 0.417 e. The summed E-state index contributed by atoms with van der Waals surface area (Å²) in [7, 11) is 0. The van der Waals surface area contributed by atoms with E-state index in [1.165, 1.54) is 18.2 Å². The van der Waals surface area contributed by atoms with Gasteiger partial charge in [0.15, 0.2) is 0 Å². The minimum absolute atomic E-state index is 0.0838. The fourth-order valence-corrected chi connectivity index (χ4v) is 2.39. The molecule has 0 aliphatic heterocycles. The number of carbonyl (C=O) groups excluding carboxylic acids is 1. The molecule has 0 atom stereocenters. The summed E-state index contributed by atoms with van der Waals surface area (Å²) < 4.78 is 38.7. The van der Waals surface area contributed by atoms with Gasteiger partial charge >= 0.3 is 6.18 Å². The summed E-state index contributed by atoms with van der Waals surface area (Å²) in [5, 5.41) is 3.45. The Morgan fingerprint density at radius 2 is 1.73 bits per heavy atom. The van der Waals surface area contributed by atoms with Gasteiger partial charge in [-0.15, -0.1) is 0 Å². The lowest BCUT2D eigenvalue weighted by atomic mass is 10.1. The van der Waals surface area contributed by atoms with Crippen LogP contribution in [0.4, 0.5) is 13.2 Å². The molecule has 1 heterocycles. The smallest absolute Gasteiger partial charge is 0.340 e. The average Bonchev–Trinajstić information content (AvgIpc) is 2.64. The molecule has 6 heteroatoms. The van der Waals surface area contributed by atoms with Crippen molar-refractivity contribution in [1.29, 1.82) is 0 Å². The van der Waals surface area contributed by atoms with Crippen LogP contribution in [0.1, 0.15) is 21.6 Å². The molecule has 0 radical (unpaired) electrons. The highest BCUT2D eigenvalue weighted by Crippen LogP contribution is 2.31. The maximum absolute atomic E-state index is 12.9. The standard InChI is InChI=1S/C20H13F3N2O/c21-20(22,23)16-9-3-1-6-14(16)8-5-13-24-19(26)18-12-11-15-7-2-4-10-17(15)25-18/h1-4,6-7,9-12H,13H2,(H,24,26). The second kappa shape index (κ2) is 7.28. The Balaban J connectivity index is 1.69. The van der Waals surface area contributed by atoms with Gasteiger partial charge in [0.2, 0.25) is 0 Å². The van der Waals surface area contributed by atoms with Crippen LogP contribution in [0.2, 0.25) is 0 Å². The third-order valence-corrected chi connectivity index (χ3v) is 3.62. The fraction of sp³-hybridized carbons (Fsp3) is 0.100. The third-order valence-electron chi connectivity index (χ3n) is 3.62. The number of aromatic nitrogens is 1. The van der Waals surface area contributed by atoms with Crippen LogP contribution in [0, 0.1) is 11.8 Å². The van der Waals surface area contributed by atoms with Crippen LogP contribution in [-0.4, -0.2) is 17.4 Å². The van der Waals surface area contributed by atoms with Crippen molar-refractivity contribution in [3.8, 4) is 11.8 Å². The average molecular weight is 354 g/mol. The molecule has 26 heavy (non-hydrogen) atoms. The van der Waals surface area contributed by atoms with Gasteiger partial charge in [-0.2, -0.15) is 13.2 Å². The molecule has 3 aromatic rings. The Hall–Kier alpha value is -3.33. The topological polar surface area (TPSA) is 42.0 Å². The molecule has 2 aromatic carbocycles. The van der Waals surface area contributed by atoms with Crippen molar-refractivity contribution in [2.75, 3.05) is 6.54 Å². The zero-order chi connectivity index (χ0) is 18.6. The Morgan fingerprint density at radius 1 is 1.00 bits per heavy atom. The summed E-state index contributed by atoms with van der Waals surface area (Å²) in [6, 6.07) is 15.8. The van der Waals surface area contributed by atoms with Crippen LogP contribution in [0.3, 0.4) is 0 Å². The van der Waals surface area contributed by atoms with Crippen molar-refractivity contribution >= 4 is 16.8 Å². The van der Waals surface area contributed by atoms with E-state index in [1.807, 2.05) is 18.2 Å². The molecule has 0 aliphatic rings. The van der Waals surface area contributed by atoms with Crippen molar-refractivity contribution in [3.05, 3.63) is 77.5 Å². The van der Waals surface area contributed by atoms with Gasteiger partial charge in [0, 0.05) is 10.9 Å². The van der Waals surface area contributed by atoms with Gasteiger partial charge in [0.1, 0.15) is 5.69 Å². The number of nitrogens with one attached hydrogen (secondary N) is 1. The van der Waals surface area contributed by atoms with E-state index < -0.39 is 17.6 Å². The normalized spacial score (nSPS) is 10.9. The first-order valence-electron chi connectivity index (χ1n) is 7.74. The molecule has 1 amide bonds. The first-order chi connectivity index (χ1) is 12.4. The predicted molar refractivity (Wildman–Crippen MR) is 92.4 cm³/mol. The number of nitrogens with zero attached hydrogens (tertiary/aromatic N) is 1. The molecule has 3 nitrogen and oxygen atoms in total. The van der Waals surface area contributed by atoms with Gasteiger partial charge in [-0.25, -0.2) is 4.98 Å². The van der Waals surface area contributed by atoms with Crippen molar-refractivity contribution in [2.24, 2.45) is 0 Å². The van der Waals surface area contributed by atoms with E-state index in [9.17, 15) is 18.0 Å². The van der Waals surface area contributed by atoms with Gasteiger partial charge in [0.25, 0.3) is 5.91 Å². The van der Waals surface area contributed by atoms with Crippen LogP contribution in [-0.2, 0) is 6.18 Å². The minimum atomic E-state index is -4.47. The predicted octanol–water partition coefficient (Wildman–Crippen LogP) is 4.04. The number of rotatable bonds is 2. The Kier molecular flexibility index (Phi) is 4.90. The summed E-state index contributed by atoms with van der Waals surface area (Å²) in [6.45, 7) is -0.0838. The largest absolute Gasteiger partial charge is 0.417 e. The first-order valence-corrected chi connectivity index (χ1v) is 7.74. The van der Waals surface area contributed by atoms with E-state index in [0.717, 1.165) is 11.5 Å². The second-order valence-corrected chi connectivity index (χ2v) is 5.42. The van der Waals surface area contributed by atoms with Crippen LogP contribution in [0.25, 0.3) is 10.9 Å². The Bertz CT molecular complexity index is 1020. The number of benzene rings is 2. The molecule has 0 aliphatic carbocycles. The molecule has 0 saturated carbocycles. The number of halogens is 3. The minimum Gasteiger partial charge on any atom is -0.340 e. The van der Waals surface area contributed by atoms with Crippen molar-refractivity contribution < 1.29 is 18.0 Å². The van der Waals surface area contributed by atoms with Crippen LogP contribution in [0.5, 0.6) is 0 Å². The highest BCUT2D eigenvalue weighted by atomic mass is 19.4. The summed E-state index contributed by atoms with van der Waals surface area (Å²) in [5.74, 6) is 4.56. The zero-order valence-corrected chi connectivity index (χ0v) is 13.5.